The molecule has 0 spiro atoms. The fourth-order valence-electron chi connectivity index (χ4n) is 3.01. The first-order valence-corrected chi connectivity index (χ1v) is 9.22. The van der Waals surface area contributed by atoms with Gasteiger partial charge in [-0.2, -0.15) is 0 Å². The molecule has 0 aliphatic carbocycles. The smallest absolute Gasteiger partial charge is 0.240 e. The Morgan fingerprint density at radius 1 is 1.35 bits per heavy atom. The summed E-state index contributed by atoms with van der Waals surface area (Å²) in [6.07, 6.45) is 1.05. The van der Waals surface area contributed by atoms with E-state index in [1.54, 1.807) is 11.8 Å². The zero-order valence-corrected chi connectivity index (χ0v) is 14.9. The second kappa shape index (κ2) is 8.10. The number of nitrogens with one attached hydrogen (secondary N) is 1. The Hall–Kier alpha value is -1.15. The molecular weight excluding hydrogens is 338 g/mol. The molecule has 6 nitrogen and oxygen atoms in total. The summed E-state index contributed by atoms with van der Waals surface area (Å²) in [5.74, 6) is 0.180. The molecular formula is C15H24ClN3O3S. The van der Waals surface area contributed by atoms with Crippen molar-refractivity contribution in [3.8, 4) is 0 Å². The summed E-state index contributed by atoms with van der Waals surface area (Å²) < 4.78 is 24.9. The van der Waals surface area contributed by atoms with Crippen molar-refractivity contribution >= 4 is 28.3 Å². The molecule has 1 amide bonds. The van der Waals surface area contributed by atoms with Gasteiger partial charge in [-0.25, -0.2) is 13.1 Å². The largest absolute Gasteiger partial charge is 0.340 e. The third-order valence-electron chi connectivity index (χ3n) is 4.04. The lowest BCUT2D eigenvalue weighted by Crippen LogP contribution is -2.46. The van der Waals surface area contributed by atoms with Crippen LogP contribution < -0.4 is 10.5 Å². The summed E-state index contributed by atoms with van der Waals surface area (Å²) in [6, 6.07) is 9.22. The van der Waals surface area contributed by atoms with E-state index in [9.17, 15) is 13.2 Å². The van der Waals surface area contributed by atoms with Crippen molar-refractivity contribution in [3.05, 3.63) is 35.9 Å². The number of hydrogen-bond acceptors (Lipinski definition) is 4. The van der Waals surface area contributed by atoms with Gasteiger partial charge in [0.05, 0.1) is 12.3 Å². The van der Waals surface area contributed by atoms with Crippen molar-refractivity contribution < 1.29 is 13.2 Å². The van der Waals surface area contributed by atoms with E-state index in [1.165, 1.54) is 0 Å². The Morgan fingerprint density at radius 3 is 2.48 bits per heavy atom. The van der Waals surface area contributed by atoms with E-state index in [1.807, 2.05) is 30.3 Å². The van der Waals surface area contributed by atoms with Gasteiger partial charge in [0.1, 0.15) is 0 Å². The highest BCUT2D eigenvalue weighted by molar-refractivity contribution is 7.88. The lowest BCUT2D eigenvalue weighted by Gasteiger charge is -2.21. The number of likely N-dealkylation sites (tertiary alicyclic amines) is 1. The predicted octanol–water partition coefficient (Wildman–Crippen LogP) is 0.547. The normalized spacial score (nSPS) is 22.5. The maximum absolute atomic E-state index is 12.4. The minimum atomic E-state index is -3.40. The first-order valence-electron chi connectivity index (χ1n) is 7.33. The van der Waals surface area contributed by atoms with E-state index < -0.39 is 16.1 Å². The third-order valence-corrected chi connectivity index (χ3v) is 4.83. The Balaban J connectivity index is 0.00000264. The van der Waals surface area contributed by atoms with Crippen LogP contribution >= 0.6 is 12.4 Å². The van der Waals surface area contributed by atoms with E-state index in [0.717, 1.165) is 11.8 Å². The Morgan fingerprint density at radius 2 is 1.96 bits per heavy atom. The molecule has 1 unspecified atom stereocenters. The lowest BCUT2D eigenvalue weighted by molar-refractivity contribution is -0.131. The highest BCUT2D eigenvalue weighted by atomic mass is 35.5. The molecule has 1 heterocycles. The van der Waals surface area contributed by atoms with Crippen molar-refractivity contribution in [2.24, 2.45) is 11.7 Å². The van der Waals surface area contributed by atoms with Crippen LogP contribution in [0.5, 0.6) is 0 Å². The van der Waals surface area contributed by atoms with Crippen LogP contribution in [0.25, 0.3) is 0 Å². The molecule has 1 aliphatic rings. The van der Waals surface area contributed by atoms with Crippen LogP contribution in [0.4, 0.5) is 0 Å². The SMILES string of the molecule is CC(NS(C)(=O)=O)C(=O)N1C[C@@H](CN)[C@H](c2ccccc2)C1.Cl. The number of benzene rings is 1. The molecule has 1 aromatic rings. The van der Waals surface area contributed by atoms with Gasteiger partial charge >= 0.3 is 0 Å². The molecule has 0 bridgehead atoms. The van der Waals surface area contributed by atoms with Crippen molar-refractivity contribution in [2.75, 3.05) is 25.9 Å². The topological polar surface area (TPSA) is 92.5 Å². The highest BCUT2D eigenvalue weighted by Crippen LogP contribution is 2.32. The molecule has 23 heavy (non-hydrogen) atoms. The van der Waals surface area contributed by atoms with Gasteiger partial charge in [0.15, 0.2) is 0 Å². The van der Waals surface area contributed by atoms with Crippen molar-refractivity contribution in [1.82, 2.24) is 9.62 Å². The second-order valence-electron chi connectivity index (χ2n) is 5.87. The molecule has 0 radical (unpaired) electrons. The maximum Gasteiger partial charge on any atom is 0.240 e. The number of nitrogens with zero attached hydrogens (tertiary/aromatic N) is 1. The summed E-state index contributed by atoms with van der Waals surface area (Å²) in [5, 5.41) is 0. The number of carbonyl (C=O) groups excluding carboxylic acids is 1. The van der Waals surface area contributed by atoms with Gasteiger partial charge in [0.25, 0.3) is 0 Å². The molecule has 3 atom stereocenters. The first kappa shape index (κ1) is 19.9. The highest BCUT2D eigenvalue weighted by Gasteiger charge is 2.36. The molecule has 2 rings (SSSR count). The Labute approximate surface area is 143 Å². The van der Waals surface area contributed by atoms with Crippen LogP contribution in [0.3, 0.4) is 0 Å². The van der Waals surface area contributed by atoms with Crippen molar-refractivity contribution in [2.45, 2.75) is 18.9 Å². The molecule has 130 valence electrons. The number of hydrogen-bond donors (Lipinski definition) is 2. The predicted molar refractivity (Wildman–Crippen MR) is 93.0 cm³/mol. The van der Waals surface area contributed by atoms with Crippen LogP contribution in [-0.2, 0) is 14.8 Å². The Kier molecular flexibility index (Phi) is 7.01. The molecule has 8 heteroatoms. The monoisotopic (exact) mass is 361 g/mol. The summed E-state index contributed by atoms with van der Waals surface area (Å²) in [6.45, 7) is 3.19. The van der Waals surface area contributed by atoms with Gasteiger partial charge < -0.3 is 10.6 Å². The molecule has 1 aliphatic heterocycles. The third kappa shape index (κ3) is 5.17. The van der Waals surface area contributed by atoms with Gasteiger partial charge in [-0.3, -0.25) is 4.79 Å². The first-order chi connectivity index (χ1) is 10.3. The molecule has 1 fully saturated rings. The van der Waals surface area contributed by atoms with Crippen molar-refractivity contribution in [3.63, 3.8) is 0 Å². The molecule has 0 saturated carbocycles. The van der Waals surface area contributed by atoms with Gasteiger partial charge in [0, 0.05) is 19.0 Å². The van der Waals surface area contributed by atoms with Gasteiger partial charge in [-0.15, -0.1) is 12.4 Å². The number of carbonyl (C=O) groups is 1. The summed E-state index contributed by atoms with van der Waals surface area (Å²) in [5.41, 5.74) is 7.02. The minimum absolute atomic E-state index is 0. The maximum atomic E-state index is 12.4. The Bertz CT molecular complexity index is 624. The zero-order valence-electron chi connectivity index (χ0n) is 13.3. The average molecular weight is 362 g/mol. The zero-order chi connectivity index (χ0) is 16.3. The van der Waals surface area contributed by atoms with Crippen LogP contribution in [0.15, 0.2) is 30.3 Å². The number of halogens is 1. The van der Waals surface area contributed by atoms with Crippen LogP contribution in [0.1, 0.15) is 18.4 Å². The molecule has 0 aromatic heterocycles. The standard InChI is InChI=1S/C15H23N3O3S.ClH/c1-11(17-22(2,20)21)15(19)18-9-13(8-16)14(10-18)12-6-4-3-5-7-12;/h3-7,11,13-14,17H,8-10,16H2,1-2H3;1H/t11?,13-,14+;/m1./s1. The van der Waals surface area contributed by atoms with Crippen molar-refractivity contribution in [1.29, 1.82) is 0 Å². The minimum Gasteiger partial charge on any atom is -0.340 e. The number of sulfonamides is 1. The molecule has 1 aromatic carbocycles. The summed E-state index contributed by atoms with van der Waals surface area (Å²) in [4.78, 5) is 14.1. The number of nitrogens with two attached hydrogens (primary N) is 1. The van der Waals surface area contributed by atoms with Gasteiger partial charge in [0.2, 0.25) is 15.9 Å². The average Bonchev–Trinajstić information content (AvgIpc) is 2.89. The molecule has 3 N–H and O–H groups in total. The van der Waals surface area contributed by atoms with E-state index in [0.29, 0.717) is 19.6 Å². The van der Waals surface area contributed by atoms with E-state index in [4.69, 9.17) is 5.73 Å². The quantitative estimate of drug-likeness (QED) is 0.800. The lowest BCUT2D eigenvalue weighted by atomic mass is 9.89. The second-order valence-corrected chi connectivity index (χ2v) is 7.65. The molecule has 1 saturated heterocycles. The van der Waals surface area contributed by atoms with Gasteiger partial charge in [-0.05, 0) is 24.9 Å². The van der Waals surface area contributed by atoms with E-state index >= 15 is 0 Å². The van der Waals surface area contributed by atoms with Gasteiger partial charge in [-0.1, -0.05) is 30.3 Å². The number of rotatable bonds is 5. The summed E-state index contributed by atoms with van der Waals surface area (Å²) >= 11 is 0. The van der Waals surface area contributed by atoms with E-state index in [-0.39, 0.29) is 30.2 Å². The van der Waals surface area contributed by atoms with E-state index in [2.05, 4.69) is 4.72 Å². The number of amides is 1. The van der Waals surface area contributed by atoms with Crippen LogP contribution in [0.2, 0.25) is 0 Å². The summed E-state index contributed by atoms with van der Waals surface area (Å²) in [7, 11) is -3.40. The fraction of sp³-hybridized carbons (Fsp3) is 0.533. The fourth-order valence-corrected chi connectivity index (χ4v) is 3.76. The van der Waals surface area contributed by atoms with Crippen LogP contribution in [0, 0.1) is 5.92 Å². The van der Waals surface area contributed by atoms with Crippen LogP contribution in [-0.4, -0.2) is 51.2 Å².